The van der Waals surface area contributed by atoms with Gasteiger partial charge in [-0.05, 0) is 31.2 Å². The maximum absolute atomic E-state index is 11.9. The predicted molar refractivity (Wildman–Crippen MR) is 97.6 cm³/mol. The molecule has 7 nitrogen and oxygen atoms in total. The van der Waals surface area contributed by atoms with E-state index in [1.165, 1.54) is 12.1 Å². The number of fused-ring (bicyclic) bond motifs is 3. The molecule has 0 unspecified atom stereocenters. The Labute approximate surface area is 148 Å². The number of pyridine rings is 1. The van der Waals surface area contributed by atoms with Gasteiger partial charge in [-0.1, -0.05) is 18.2 Å². The van der Waals surface area contributed by atoms with Gasteiger partial charge in [-0.2, -0.15) is 0 Å². The fraction of sp³-hybridized carbons (Fsp3) is 0.0526. The van der Waals surface area contributed by atoms with Gasteiger partial charge >= 0.3 is 0 Å². The van der Waals surface area contributed by atoms with Crippen molar-refractivity contribution in [3.8, 4) is 17.1 Å². The molecule has 26 heavy (non-hydrogen) atoms. The first-order chi connectivity index (χ1) is 12.5. The third kappa shape index (κ3) is 2.29. The summed E-state index contributed by atoms with van der Waals surface area (Å²) in [6.07, 6.45) is 0. The molecular formula is C19H14N4O3. The zero-order valence-corrected chi connectivity index (χ0v) is 13.8. The number of nitrogens with zero attached hydrogens (tertiary/aromatic N) is 3. The van der Waals surface area contributed by atoms with Crippen LogP contribution in [0.25, 0.3) is 28.0 Å². The largest absolute Gasteiger partial charge is 0.366 e. The number of aromatic nitrogens is 2. The topological polar surface area (TPSA) is 104 Å². The molecule has 0 atom stereocenters. The van der Waals surface area contributed by atoms with E-state index < -0.39 is 10.8 Å². The molecule has 2 heterocycles. The zero-order valence-electron chi connectivity index (χ0n) is 13.8. The molecule has 4 rings (SSSR count). The van der Waals surface area contributed by atoms with E-state index in [2.05, 4.69) is 4.98 Å². The first kappa shape index (κ1) is 15.8. The highest BCUT2D eigenvalue weighted by Gasteiger charge is 2.22. The second-order valence-corrected chi connectivity index (χ2v) is 5.98. The Morgan fingerprint density at radius 1 is 1.15 bits per heavy atom. The summed E-state index contributed by atoms with van der Waals surface area (Å²) in [5.41, 5.74) is 9.52. The molecule has 0 radical (unpaired) electrons. The summed E-state index contributed by atoms with van der Waals surface area (Å²) in [6.45, 7) is 1.79. The quantitative estimate of drug-likeness (QED) is 0.453. The number of nitrogens with two attached hydrogens (primary N) is 1. The zero-order chi connectivity index (χ0) is 18.4. The van der Waals surface area contributed by atoms with Gasteiger partial charge in [-0.3, -0.25) is 14.9 Å². The third-order valence-corrected chi connectivity index (χ3v) is 4.46. The molecular weight excluding hydrogens is 332 g/mol. The van der Waals surface area contributed by atoms with E-state index in [0.717, 1.165) is 16.6 Å². The van der Waals surface area contributed by atoms with Crippen LogP contribution in [0.2, 0.25) is 0 Å². The van der Waals surface area contributed by atoms with Crippen LogP contribution in [0.4, 0.5) is 5.69 Å². The fourth-order valence-corrected chi connectivity index (χ4v) is 3.25. The second-order valence-electron chi connectivity index (χ2n) is 5.98. The Bertz CT molecular complexity index is 1150. The van der Waals surface area contributed by atoms with Crippen LogP contribution in [0.15, 0.2) is 54.6 Å². The molecule has 2 aromatic carbocycles. The van der Waals surface area contributed by atoms with Gasteiger partial charge in [-0.15, -0.1) is 0 Å². The van der Waals surface area contributed by atoms with Crippen LogP contribution in [-0.4, -0.2) is 20.4 Å². The van der Waals surface area contributed by atoms with E-state index in [-0.39, 0.29) is 5.69 Å². The standard InChI is InChI=1S/C19H14N4O3/c1-11-15(19(20)24)10-17-18(14-4-2-3-5-16(14)21-17)22(11)12-6-8-13(9-7-12)23(25)26/h2-10H,1H3,(H2,20,24). The Morgan fingerprint density at radius 2 is 1.85 bits per heavy atom. The highest BCUT2D eigenvalue weighted by molar-refractivity contribution is 6.01. The molecule has 0 bridgehead atoms. The van der Waals surface area contributed by atoms with Crippen LogP contribution in [-0.2, 0) is 0 Å². The van der Waals surface area contributed by atoms with E-state index >= 15 is 0 Å². The SMILES string of the molecule is Cc1c(C(N)=O)cc2nc3ccccc3c-2n1-c1ccc([N+](=O)[O-])cc1. The molecule has 128 valence electrons. The Balaban J connectivity index is 2.10. The number of non-ortho nitro benzene ring substituents is 1. The van der Waals surface area contributed by atoms with Crippen LogP contribution in [0, 0.1) is 17.0 Å². The van der Waals surface area contributed by atoms with Crippen molar-refractivity contribution in [3.63, 3.8) is 0 Å². The lowest BCUT2D eigenvalue weighted by atomic mass is 10.1. The normalized spacial score (nSPS) is 11.1. The highest BCUT2D eigenvalue weighted by Crippen LogP contribution is 2.35. The Kier molecular flexibility index (Phi) is 3.43. The van der Waals surface area contributed by atoms with Gasteiger partial charge in [0.05, 0.1) is 27.4 Å². The number of nitro benzene ring substituents is 1. The number of nitro groups is 1. The molecule has 0 aliphatic carbocycles. The molecule has 0 aromatic heterocycles. The van der Waals surface area contributed by atoms with E-state index in [1.807, 2.05) is 28.8 Å². The van der Waals surface area contributed by atoms with Gasteiger partial charge in [0.15, 0.2) is 0 Å². The van der Waals surface area contributed by atoms with Crippen LogP contribution >= 0.6 is 0 Å². The second kappa shape index (κ2) is 5.66. The summed E-state index contributed by atoms with van der Waals surface area (Å²) >= 11 is 0. The average Bonchev–Trinajstić information content (AvgIpc) is 2.99. The maximum Gasteiger partial charge on any atom is 0.269 e. The van der Waals surface area contributed by atoms with Gasteiger partial charge in [0, 0.05) is 28.9 Å². The highest BCUT2D eigenvalue weighted by atomic mass is 16.6. The van der Waals surface area contributed by atoms with Crippen LogP contribution in [0.1, 0.15) is 16.1 Å². The van der Waals surface area contributed by atoms with Crippen molar-refractivity contribution >= 4 is 22.5 Å². The first-order valence-corrected chi connectivity index (χ1v) is 7.93. The Hall–Kier alpha value is -3.74. The Morgan fingerprint density at radius 3 is 2.50 bits per heavy atom. The summed E-state index contributed by atoms with van der Waals surface area (Å²) < 4.78 is 1.87. The minimum Gasteiger partial charge on any atom is -0.366 e. The number of hydrogen-bond acceptors (Lipinski definition) is 4. The van der Waals surface area contributed by atoms with Crippen molar-refractivity contribution in [1.29, 1.82) is 0 Å². The number of carbonyl (C=O) groups is 1. The minimum atomic E-state index is -0.549. The number of primary amides is 1. The van der Waals surface area contributed by atoms with Crippen molar-refractivity contribution in [2.45, 2.75) is 6.92 Å². The lowest BCUT2D eigenvalue weighted by Gasteiger charge is -2.19. The van der Waals surface area contributed by atoms with Crippen LogP contribution in [0.3, 0.4) is 0 Å². The van der Waals surface area contributed by atoms with Gasteiger partial charge in [0.1, 0.15) is 0 Å². The third-order valence-electron chi connectivity index (χ3n) is 4.46. The summed E-state index contributed by atoms with van der Waals surface area (Å²) in [7, 11) is 0. The van der Waals surface area contributed by atoms with E-state index in [0.29, 0.717) is 22.6 Å². The molecule has 0 saturated carbocycles. The van der Waals surface area contributed by atoms with Gasteiger partial charge < -0.3 is 10.3 Å². The van der Waals surface area contributed by atoms with Crippen molar-refractivity contribution < 1.29 is 9.72 Å². The summed E-state index contributed by atoms with van der Waals surface area (Å²) in [5, 5.41) is 11.9. The molecule has 0 saturated heterocycles. The molecule has 2 aromatic rings. The van der Waals surface area contributed by atoms with Crippen molar-refractivity contribution in [3.05, 3.63) is 76.0 Å². The van der Waals surface area contributed by atoms with Crippen LogP contribution in [0.5, 0.6) is 0 Å². The number of para-hydroxylation sites is 1. The molecule has 2 aliphatic heterocycles. The summed E-state index contributed by atoms with van der Waals surface area (Å²) in [4.78, 5) is 27.0. The van der Waals surface area contributed by atoms with Gasteiger partial charge in [-0.25, -0.2) is 4.98 Å². The first-order valence-electron chi connectivity index (χ1n) is 7.93. The smallest absolute Gasteiger partial charge is 0.269 e. The van der Waals surface area contributed by atoms with Gasteiger partial charge in [0.25, 0.3) is 11.6 Å². The van der Waals surface area contributed by atoms with Crippen molar-refractivity contribution in [1.82, 2.24) is 9.55 Å². The molecule has 7 heteroatoms. The lowest BCUT2D eigenvalue weighted by molar-refractivity contribution is -0.384. The average molecular weight is 346 g/mol. The van der Waals surface area contributed by atoms with Crippen molar-refractivity contribution in [2.75, 3.05) is 0 Å². The lowest BCUT2D eigenvalue weighted by Crippen LogP contribution is -2.17. The molecule has 2 N–H and O–H groups in total. The number of carbonyl (C=O) groups excluding carboxylic acids is 1. The fourth-order valence-electron chi connectivity index (χ4n) is 3.25. The monoisotopic (exact) mass is 346 g/mol. The van der Waals surface area contributed by atoms with E-state index in [9.17, 15) is 14.9 Å². The summed E-state index contributed by atoms with van der Waals surface area (Å²) in [6, 6.07) is 15.5. The predicted octanol–water partition coefficient (Wildman–Crippen LogP) is 3.45. The number of hydrogen-bond donors (Lipinski definition) is 1. The van der Waals surface area contributed by atoms with Crippen molar-refractivity contribution in [2.24, 2.45) is 5.73 Å². The number of benzene rings is 2. The number of amides is 1. The van der Waals surface area contributed by atoms with E-state index in [4.69, 9.17) is 5.73 Å². The van der Waals surface area contributed by atoms with Crippen LogP contribution < -0.4 is 5.73 Å². The number of rotatable bonds is 3. The molecule has 2 aliphatic rings. The van der Waals surface area contributed by atoms with E-state index in [1.54, 1.807) is 25.1 Å². The molecule has 0 spiro atoms. The molecule has 0 fully saturated rings. The maximum atomic E-state index is 11.9. The van der Waals surface area contributed by atoms with Gasteiger partial charge in [0.2, 0.25) is 0 Å². The summed E-state index contributed by atoms with van der Waals surface area (Å²) in [5.74, 6) is -0.549. The molecule has 1 amide bonds. The minimum absolute atomic E-state index is 0.000193.